The van der Waals surface area contributed by atoms with Gasteiger partial charge in [0, 0.05) is 11.1 Å². The van der Waals surface area contributed by atoms with Crippen molar-refractivity contribution in [2.45, 2.75) is 12.1 Å². The molecule has 128 valence electrons. The molecule has 0 amide bonds. The molecule has 2 N–H and O–H groups in total. The number of likely N-dealkylation sites (N-methyl/N-ethyl adjacent to an activating group) is 1. The molecule has 2 aromatic rings. The molecule has 0 aliphatic carbocycles. The van der Waals surface area contributed by atoms with E-state index in [0.29, 0.717) is 16.9 Å². The second-order valence-electron chi connectivity index (χ2n) is 5.77. The number of hydrogen-bond acceptors (Lipinski definition) is 5. The lowest BCUT2D eigenvalue weighted by Gasteiger charge is -2.30. The molecule has 0 fully saturated rings. The quantitative estimate of drug-likeness (QED) is 0.720. The third kappa shape index (κ3) is 4.41. The van der Waals surface area contributed by atoms with Gasteiger partial charge in [-0.3, -0.25) is 4.79 Å². The topological polar surface area (TPSA) is 70.0 Å². The number of carbonyl (C=O) groups excluding carboxylic acids is 1. The molecule has 0 saturated carbocycles. The summed E-state index contributed by atoms with van der Waals surface area (Å²) in [6, 6.07) is 15.5. The zero-order valence-corrected chi connectivity index (χ0v) is 13.9. The van der Waals surface area contributed by atoms with E-state index in [1.54, 1.807) is 41.3 Å². The van der Waals surface area contributed by atoms with Gasteiger partial charge in [-0.15, -0.1) is 0 Å². The molecule has 0 saturated heterocycles. The Morgan fingerprint density at radius 2 is 1.54 bits per heavy atom. The first-order valence-electron chi connectivity index (χ1n) is 7.81. The van der Waals surface area contributed by atoms with Crippen molar-refractivity contribution in [3.05, 3.63) is 65.7 Å². The van der Waals surface area contributed by atoms with E-state index >= 15 is 0 Å². The Morgan fingerprint density at radius 3 is 2.04 bits per heavy atom. The molecule has 2 aromatic carbocycles. The summed E-state index contributed by atoms with van der Waals surface area (Å²) in [6.07, 6.45) is -0.555. The van der Waals surface area contributed by atoms with E-state index in [4.69, 9.17) is 4.74 Å². The van der Waals surface area contributed by atoms with Crippen molar-refractivity contribution in [3.8, 4) is 5.75 Å². The molecular weight excluding hydrogens is 306 g/mol. The van der Waals surface area contributed by atoms with Crippen molar-refractivity contribution in [2.75, 3.05) is 27.3 Å². The molecule has 2 rings (SSSR count). The summed E-state index contributed by atoms with van der Waals surface area (Å²) >= 11 is 0. The maximum atomic E-state index is 12.4. The highest BCUT2D eigenvalue weighted by atomic mass is 16.5. The molecule has 2 unspecified atom stereocenters. The van der Waals surface area contributed by atoms with Gasteiger partial charge in [0.25, 0.3) is 0 Å². The molecule has 0 radical (unpaired) electrons. The largest absolute Gasteiger partial charge is 0.486 e. The lowest BCUT2D eigenvalue weighted by molar-refractivity contribution is 0.0201. The van der Waals surface area contributed by atoms with Crippen LogP contribution in [0.15, 0.2) is 54.6 Å². The van der Waals surface area contributed by atoms with Gasteiger partial charge in [0.1, 0.15) is 11.9 Å². The van der Waals surface area contributed by atoms with Crippen LogP contribution in [0.1, 0.15) is 15.9 Å². The molecule has 2 atom stereocenters. The van der Waals surface area contributed by atoms with Crippen LogP contribution in [-0.2, 0) is 0 Å². The smallest absolute Gasteiger partial charge is 0.193 e. The van der Waals surface area contributed by atoms with Gasteiger partial charge >= 0.3 is 0 Å². The van der Waals surface area contributed by atoms with Gasteiger partial charge in [0.05, 0.1) is 19.3 Å². The summed E-state index contributed by atoms with van der Waals surface area (Å²) in [7, 11) is 3.63. The van der Waals surface area contributed by atoms with Crippen LogP contribution in [0.2, 0.25) is 0 Å². The first kappa shape index (κ1) is 18.1. The second kappa shape index (κ2) is 8.59. The summed E-state index contributed by atoms with van der Waals surface area (Å²) in [5, 5.41) is 19.0. The predicted octanol–water partition coefficient (Wildman–Crippen LogP) is 1.58. The molecule has 5 heteroatoms. The lowest BCUT2D eigenvalue weighted by atomic mass is 10.0. The number of rotatable bonds is 8. The summed E-state index contributed by atoms with van der Waals surface area (Å²) in [5.41, 5.74) is 1.20. The highest BCUT2D eigenvalue weighted by Gasteiger charge is 2.24. The van der Waals surface area contributed by atoms with Gasteiger partial charge in [0.2, 0.25) is 0 Å². The van der Waals surface area contributed by atoms with Crippen molar-refractivity contribution in [2.24, 2.45) is 0 Å². The highest BCUT2D eigenvalue weighted by Crippen LogP contribution is 2.18. The van der Waals surface area contributed by atoms with Crippen LogP contribution < -0.4 is 4.74 Å². The van der Waals surface area contributed by atoms with Crippen molar-refractivity contribution in [1.82, 2.24) is 4.90 Å². The third-order valence-electron chi connectivity index (χ3n) is 3.90. The summed E-state index contributed by atoms with van der Waals surface area (Å²) in [5.74, 6) is 0.487. The molecule has 0 aromatic heterocycles. The van der Waals surface area contributed by atoms with Gasteiger partial charge in [-0.2, -0.15) is 0 Å². The average molecular weight is 329 g/mol. The van der Waals surface area contributed by atoms with Gasteiger partial charge < -0.3 is 19.8 Å². The van der Waals surface area contributed by atoms with Crippen LogP contribution >= 0.6 is 0 Å². The molecular formula is C19H23NO4. The van der Waals surface area contributed by atoms with Crippen molar-refractivity contribution >= 4 is 5.78 Å². The number of ether oxygens (including phenoxy) is 1. The van der Waals surface area contributed by atoms with E-state index in [1.807, 2.05) is 32.3 Å². The van der Waals surface area contributed by atoms with E-state index in [9.17, 15) is 15.0 Å². The lowest BCUT2D eigenvalue weighted by Crippen LogP contribution is -2.46. The van der Waals surface area contributed by atoms with Crippen LogP contribution in [0.4, 0.5) is 0 Å². The number of ketones is 1. The number of benzene rings is 2. The van der Waals surface area contributed by atoms with E-state index in [1.165, 1.54) is 0 Å². The minimum atomic E-state index is -0.555. The van der Waals surface area contributed by atoms with Gasteiger partial charge in [-0.25, -0.2) is 0 Å². The molecule has 0 spiro atoms. The molecule has 0 heterocycles. The molecule has 0 bridgehead atoms. The predicted molar refractivity (Wildman–Crippen MR) is 92.4 cm³/mol. The number of hydrogen-bond donors (Lipinski definition) is 2. The van der Waals surface area contributed by atoms with E-state index in [-0.39, 0.29) is 25.0 Å². The number of nitrogens with zero attached hydrogens (tertiary/aromatic N) is 1. The summed E-state index contributed by atoms with van der Waals surface area (Å²) < 4.78 is 5.76. The fourth-order valence-electron chi connectivity index (χ4n) is 2.47. The fraction of sp³-hybridized carbons (Fsp3) is 0.316. The Labute approximate surface area is 142 Å². The first-order valence-corrected chi connectivity index (χ1v) is 7.81. The van der Waals surface area contributed by atoms with Crippen LogP contribution in [0.5, 0.6) is 5.75 Å². The Morgan fingerprint density at radius 1 is 0.958 bits per heavy atom. The average Bonchev–Trinajstić information content (AvgIpc) is 2.62. The third-order valence-corrected chi connectivity index (χ3v) is 3.90. The zero-order chi connectivity index (χ0) is 17.5. The maximum absolute atomic E-state index is 12.4. The standard InChI is InChI=1S/C19H23NO4/c1-20(2)17(12-21)18(13-22)24-16-10-8-15(9-11-16)19(23)14-6-4-3-5-7-14/h3-11,17-18,21-22H,12-13H2,1-2H3. The van der Waals surface area contributed by atoms with Gasteiger partial charge in [-0.1, -0.05) is 30.3 Å². The summed E-state index contributed by atoms with van der Waals surface area (Å²) in [4.78, 5) is 14.2. The second-order valence-corrected chi connectivity index (χ2v) is 5.77. The number of aliphatic hydroxyl groups is 2. The molecule has 0 aliphatic heterocycles. The Kier molecular flexibility index (Phi) is 6.49. The Hall–Kier alpha value is -2.21. The van der Waals surface area contributed by atoms with E-state index < -0.39 is 6.10 Å². The van der Waals surface area contributed by atoms with Gasteiger partial charge in [-0.05, 0) is 38.4 Å². The van der Waals surface area contributed by atoms with Crippen molar-refractivity contribution in [3.63, 3.8) is 0 Å². The fourth-order valence-corrected chi connectivity index (χ4v) is 2.47. The van der Waals surface area contributed by atoms with Crippen LogP contribution in [-0.4, -0.2) is 60.4 Å². The first-order chi connectivity index (χ1) is 11.6. The SMILES string of the molecule is CN(C)C(CO)C(CO)Oc1ccc(C(=O)c2ccccc2)cc1. The number of carbonyl (C=O) groups is 1. The monoisotopic (exact) mass is 329 g/mol. The maximum Gasteiger partial charge on any atom is 0.193 e. The Balaban J connectivity index is 2.10. The molecule has 0 aliphatic rings. The zero-order valence-electron chi connectivity index (χ0n) is 13.9. The van der Waals surface area contributed by atoms with Crippen LogP contribution in [0, 0.1) is 0 Å². The van der Waals surface area contributed by atoms with Crippen molar-refractivity contribution < 1.29 is 19.7 Å². The van der Waals surface area contributed by atoms with Gasteiger partial charge in [0.15, 0.2) is 5.78 Å². The van der Waals surface area contributed by atoms with Crippen LogP contribution in [0.25, 0.3) is 0 Å². The highest BCUT2D eigenvalue weighted by molar-refractivity contribution is 6.08. The summed E-state index contributed by atoms with van der Waals surface area (Å²) in [6.45, 7) is -0.336. The van der Waals surface area contributed by atoms with E-state index in [0.717, 1.165) is 0 Å². The Bertz CT molecular complexity index is 640. The minimum Gasteiger partial charge on any atom is -0.486 e. The molecule has 24 heavy (non-hydrogen) atoms. The molecule has 5 nitrogen and oxygen atoms in total. The minimum absolute atomic E-state index is 0.0533. The van der Waals surface area contributed by atoms with Crippen LogP contribution in [0.3, 0.4) is 0 Å². The normalized spacial score (nSPS) is 13.5. The van der Waals surface area contributed by atoms with E-state index in [2.05, 4.69) is 0 Å². The van der Waals surface area contributed by atoms with Crippen molar-refractivity contribution in [1.29, 1.82) is 0 Å². The number of aliphatic hydroxyl groups excluding tert-OH is 2.